The van der Waals surface area contributed by atoms with Gasteiger partial charge in [-0.3, -0.25) is 0 Å². The number of ether oxygens (including phenoxy) is 1. The molecule has 0 unspecified atom stereocenters. The number of methoxy groups -OCH3 is 1. The number of fused-ring (bicyclic) bond motifs is 1. The number of piperidine rings is 1. The fourth-order valence-electron chi connectivity index (χ4n) is 3.86. The molecule has 4 rings (SSSR count). The summed E-state index contributed by atoms with van der Waals surface area (Å²) in [6.45, 7) is 0.399. The minimum atomic E-state index is -4.60. The zero-order valence-electron chi connectivity index (χ0n) is 16.6. The average Bonchev–Trinajstić information content (AvgIpc) is 2.78. The van der Waals surface area contributed by atoms with E-state index < -0.39 is 21.8 Å². The lowest BCUT2D eigenvalue weighted by Gasteiger charge is -2.31. The van der Waals surface area contributed by atoms with Gasteiger partial charge in [-0.15, -0.1) is 0 Å². The Morgan fingerprint density at radius 1 is 1.06 bits per heavy atom. The first-order valence-corrected chi connectivity index (χ1v) is 11.1. The van der Waals surface area contributed by atoms with Crippen molar-refractivity contribution in [1.29, 1.82) is 0 Å². The van der Waals surface area contributed by atoms with E-state index in [2.05, 4.69) is 9.97 Å². The Morgan fingerprint density at radius 3 is 2.48 bits per heavy atom. The number of halogens is 3. The van der Waals surface area contributed by atoms with Crippen molar-refractivity contribution in [2.45, 2.75) is 29.8 Å². The first kappa shape index (κ1) is 21.5. The van der Waals surface area contributed by atoms with Crippen LogP contribution < -0.4 is 4.74 Å². The minimum absolute atomic E-state index is 0.0202. The van der Waals surface area contributed by atoms with Gasteiger partial charge in [0.25, 0.3) is 0 Å². The van der Waals surface area contributed by atoms with Crippen molar-refractivity contribution in [3.63, 3.8) is 0 Å². The third-order valence-electron chi connectivity index (χ3n) is 5.51. The van der Waals surface area contributed by atoms with Crippen molar-refractivity contribution in [3.05, 3.63) is 60.0 Å². The van der Waals surface area contributed by atoms with Crippen LogP contribution in [0.15, 0.2) is 53.7 Å². The molecular weight excluding hydrogens is 431 g/mol. The molecule has 1 fully saturated rings. The van der Waals surface area contributed by atoms with Crippen molar-refractivity contribution in [1.82, 2.24) is 14.3 Å². The number of aromatic nitrogens is 2. The quantitative estimate of drug-likeness (QED) is 0.594. The first-order chi connectivity index (χ1) is 14.7. The summed E-state index contributed by atoms with van der Waals surface area (Å²) in [6, 6.07) is 9.38. The molecule has 1 aliphatic rings. The zero-order valence-corrected chi connectivity index (χ0v) is 17.4. The summed E-state index contributed by atoms with van der Waals surface area (Å²) in [4.78, 5) is 8.36. The fraction of sp³-hybridized carbons (Fsp3) is 0.333. The lowest BCUT2D eigenvalue weighted by molar-refractivity contribution is -0.137. The lowest BCUT2D eigenvalue weighted by Crippen LogP contribution is -2.38. The van der Waals surface area contributed by atoms with Crippen LogP contribution in [0, 0.1) is 0 Å². The van der Waals surface area contributed by atoms with Crippen LogP contribution in [0.3, 0.4) is 0 Å². The second-order valence-electron chi connectivity index (χ2n) is 7.35. The normalized spacial score (nSPS) is 16.5. The number of benzene rings is 2. The standard InChI is InChI=1S/C21H20F3N3O3S/c1-30-16-5-6-18-19(12-16)25-13-26-20(18)14-7-9-27(10-8-14)31(28,29)17-4-2-3-15(11-17)21(22,23)24/h2-6,11-14H,7-10H2,1H3. The van der Waals surface area contributed by atoms with Gasteiger partial charge in [-0.1, -0.05) is 6.07 Å². The SMILES string of the molecule is COc1ccc2c(C3CCN(S(=O)(=O)c4cccc(C(F)(F)F)c4)CC3)ncnc2c1. The van der Waals surface area contributed by atoms with E-state index in [1.807, 2.05) is 18.2 Å². The molecule has 0 aliphatic carbocycles. The van der Waals surface area contributed by atoms with Crippen LogP contribution in [-0.4, -0.2) is 42.9 Å². The summed E-state index contributed by atoms with van der Waals surface area (Å²) < 4.78 is 71.2. The van der Waals surface area contributed by atoms with Crippen LogP contribution in [0.4, 0.5) is 13.2 Å². The largest absolute Gasteiger partial charge is 0.497 e. The highest BCUT2D eigenvalue weighted by Crippen LogP contribution is 2.35. The van der Waals surface area contributed by atoms with Crippen molar-refractivity contribution < 1.29 is 26.3 Å². The molecule has 0 spiro atoms. The molecule has 1 saturated heterocycles. The Kier molecular flexibility index (Phi) is 5.61. The van der Waals surface area contributed by atoms with E-state index in [4.69, 9.17) is 4.74 Å². The highest BCUT2D eigenvalue weighted by atomic mass is 32.2. The highest BCUT2D eigenvalue weighted by molar-refractivity contribution is 7.89. The van der Waals surface area contributed by atoms with Crippen LogP contribution in [0.5, 0.6) is 5.75 Å². The molecule has 0 radical (unpaired) electrons. The van der Waals surface area contributed by atoms with Gasteiger partial charge in [0.1, 0.15) is 12.1 Å². The second-order valence-corrected chi connectivity index (χ2v) is 9.28. The second kappa shape index (κ2) is 8.08. The molecule has 2 heterocycles. The van der Waals surface area contributed by atoms with Crippen molar-refractivity contribution in [2.75, 3.05) is 20.2 Å². The Labute approximate surface area is 177 Å². The summed E-state index contributed by atoms with van der Waals surface area (Å²) in [5.41, 5.74) is 0.596. The summed E-state index contributed by atoms with van der Waals surface area (Å²) in [5.74, 6) is 0.700. The maximum Gasteiger partial charge on any atom is 0.416 e. The summed E-state index contributed by atoms with van der Waals surface area (Å²) >= 11 is 0. The van der Waals surface area contributed by atoms with Gasteiger partial charge in [0, 0.05) is 30.5 Å². The Bertz CT molecular complexity index is 1210. The molecule has 1 aliphatic heterocycles. The number of sulfonamides is 1. The van der Waals surface area contributed by atoms with E-state index >= 15 is 0 Å². The van der Waals surface area contributed by atoms with Gasteiger partial charge in [0.15, 0.2) is 0 Å². The summed E-state index contributed by atoms with van der Waals surface area (Å²) in [6.07, 6.45) is -2.11. The Morgan fingerprint density at radius 2 is 1.81 bits per heavy atom. The van der Waals surface area contributed by atoms with E-state index in [1.165, 1.54) is 16.7 Å². The van der Waals surface area contributed by atoms with Crippen molar-refractivity contribution in [3.8, 4) is 5.75 Å². The predicted molar refractivity (Wildman–Crippen MR) is 108 cm³/mol. The molecule has 0 saturated carbocycles. The molecule has 2 aromatic carbocycles. The first-order valence-electron chi connectivity index (χ1n) is 9.66. The van der Waals surface area contributed by atoms with Gasteiger partial charge < -0.3 is 4.74 Å². The highest BCUT2D eigenvalue weighted by Gasteiger charge is 2.34. The summed E-state index contributed by atoms with van der Waals surface area (Å²) in [5, 5.41) is 0.877. The number of rotatable bonds is 4. The molecule has 0 bridgehead atoms. The fourth-order valence-corrected chi connectivity index (χ4v) is 5.38. The van der Waals surface area contributed by atoms with Crippen molar-refractivity contribution in [2.24, 2.45) is 0 Å². The average molecular weight is 451 g/mol. The third-order valence-corrected chi connectivity index (χ3v) is 7.41. The summed E-state index contributed by atoms with van der Waals surface area (Å²) in [7, 11) is -2.44. The molecule has 3 aromatic rings. The van der Waals surface area contributed by atoms with Gasteiger partial charge in [0.2, 0.25) is 10.0 Å². The van der Waals surface area contributed by atoms with Gasteiger partial charge >= 0.3 is 6.18 Å². The number of alkyl halides is 3. The molecule has 1 aromatic heterocycles. The lowest BCUT2D eigenvalue weighted by atomic mass is 9.92. The van der Waals surface area contributed by atoms with E-state index in [0.29, 0.717) is 24.7 Å². The van der Waals surface area contributed by atoms with E-state index in [1.54, 1.807) is 7.11 Å². The van der Waals surface area contributed by atoms with Crippen LogP contribution >= 0.6 is 0 Å². The molecule has 164 valence electrons. The van der Waals surface area contributed by atoms with E-state index in [0.717, 1.165) is 28.7 Å². The van der Waals surface area contributed by atoms with Crippen LogP contribution in [-0.2, 0) is 16.2 Å². The van der Waals surface area contributed by atoms with Crippen LogP contribution in [0.25, 0.3) is 10.9 Å². The zero-order chi connectivity index (χ0) is 22.2. The maximum atomic E-state index is 13.0. The molecule has 0 N–H and O–H groups in total. The van der Waals surface area contributed by atoms with Gasteiger partial charge in [-0.05, 0) is 43.2 Å². The van der Waals surface area contributed by atoms with Crippen molar-refractivity contribution >= 4 is 20.9 Å². The molecular formula is C21H20F3N3O3S. The third kappa shape index (κ3) is 4.22. The Balaban J connectivity index is 1.55. The smallest absolute Gasteiger partial charge is 0.416 e. The molecule has 31 heavy (non-hydrogen) atoms. The predicted octanol–water partition coefficient (Wildman–Crippen LogP) is 4.23. The van der Waals surface area contributed by atoms with E-state index in [-0.39, 0.29) is 23.9 Å². The molecule has 0 atom stereocenters. The number of nitrogens with zero attached hydrogens (tertiary/aromatic N) is 3. The Hall–Kier alpha value is -2.72. The van der Waals surface area contributed by atoms with E-state index in [9.17, 15) is 21.6 Å². The monoisotopic (exact) mass is 451 g/mol. The number of hydrogen-bond acceptors (Lipinski definition) is 5. The molecule has 6 nitrogen and oxygen atoms in total. The topological polar surface area (TPSA) is 72.4 Å². The van der Waals surface area contributed by atoms with Crippen LogP contribution in [0.1, 0.15) is 30.0 Å². The van der Waals surface area contributed by atoms with Gasteiger partial charge in [-0.25, -0.2) is 18.4 Å². The van der Waals surface area contributed by atoms with Gasteiger partial charge in [0.05, 0.1) is 28.8 Å². The van der Waals surface area contributed by atoms with Gasteiger partial charge in [-0.2, -0.15) is 17.5 Å². The van der Waals surface area contributed by atoms with Crippen LogP contribution in [0.2, 0.25) is 0 Å². The molecule has 0 amide bonds. The molecule has 10 heteroatoms. The minimum Gasteiger partial charge on any atom is -0.497 e. The maximum absolute atomic E-state index is 13.0. The number of hydrogen-bond donors (Lipinski definition) is 0.